The van der Waals surface area contributed by atoms with Crippen molar-refractivity contribution in [2.24, 2.45) is 17.1 Å². The predicted molar refractivity (Wildman–Crippen MR) is 66.4 cm³/mol. The molecule has 0 spiro atoms. The summed E-state index contributed by atoms with van der Waals surface area (Å²) in [6, 6.07) is -0.694. The second kappa shape index (κ2) is 5.83. The molecule has 0 aromatic rings. The van der Waals surface area contributed by atoms with Crippen LogP contribution in [0.5, 0.6) is 0 Å². The van der Waals surface area contributed by atoms with E-state index in [1.54, 1.807) is 0 Å². The number of esters is 1. The number of carbonyl (C=O) groups excluding carboxylic acids is 1. The summed E-state index contributed by atoms with van der Waals surface area (Å²) in [5, 5.41) is 8.73. The van der Waals surface area contributed by atoms with Crippen LogP contribution < -0.4 is 5.73 Å². The molecule has 4 heteroatoms. The summed E-state index contributed by atoms with van der Waals surface area (Å²) in [7, 11) is 0. The first-order chi connectivity index (χ1) is 7.84. The van der Waals surface area contributed by atoms with Crippen molar-refractivity contribution >= 4 is 5.97 Å². The highest BCUT2D eigenvalue weighted by Gasteiger charge is 2.34. The minimum atomic E-state index is -0.694. The fraction of sp³-hybridized carbons (Fsp3) is 0.923. The Hall–Kier alpha value is -0.610. The van der Waals surface area contributed by atoms with Gasteiger partial charge in [-0.1, -0.05) is 20.8 Å². The molecule has 0 saturated heterocycles. The van der Waals surface area contributed by atoms with Crippen LogP contribution >= 0.6 is 0 Å². The lowest BCUT2D eigenvalue weighted by molar-refractivity contribution is -0.155. The van der Waals surface area contributed by atoms with Crippen molar-refractivity contribution in [1.29, 1.82) is 0 Å². The van der Waals surface area contributed by atoms with Crippen molar-refractivity contribution in [2.75, 3.05) is 6.61 Å². The van der Waals surface area contributed by atoms with Crippen molar-refractivity contribution in [3.8, 4) is 0 Å². The number of hydrogen-bond acceptors (Lipinski definition) is 4. The van der Waals surface area contributed by atoms with E-state index in [0.29, 0.717) is 5.92 Å². The van der Waals surface area contributed by atoms with Gasteiger partial charge in [-0.2, -0.15) is 0 Å². The predicted octanol–water partition coefficient (Wildman–Crippen LogP) is 1.45. The molecule has 100 valence electrons. The molecule has 1 fully saturated rings. The van der Waals surface area contributed by atoms with Gasteiger partial charge in [-0.05, 0) is 37.0 Å². The summed E-state index contributed by atoms with van der Waals surface area (Å²) < 4.78 is 5.44. The zero-order valence-corrected chi connectivity index (χ0v) is 11.1. The molecule has 1 saturated carbocycles. The summed E-state index contributed by atoms with van der Waals surface area (Å²) in [6.07, 6.45) is 3.23. The lowest BCUT2D eigenvalue weighted by Crippen LogP contribution is -2.39. The first-order valence-corrected chi connectivity index (χ1v) is 6.41. The highest BCUT2D eigenvalue weighted by molar-refractivity contribution is 5.75. The molecule has 0 amide bonds. The highest BCUT2D eigenvalue weighted by Crippen LogP contribution is 2.39. The molecule has 1 aliphatic carbocycles. The fourth-order valence-corrected chi connectivity index (χ4v) is 2.86. The summed E-state index contributed by atoms with van der Waals surface area (Å²) >= 11 is 0. The second-order valence-corrected chi connectivity index (χ2v) is 6.09. The van der Waals surface area contributed by atoms with E-state index >= 15 is 0 Å². The molecular formula is C13H25NO3. The molecule has 0 radical (unpaired) electrons. The minimum absolute atomic E-state index is 0.0222. The summed E-state index contributed by atoms with van der Waals surface area (Å²) in [5.74, 6) is 0.194. The minimum Gasteiger partial charge on any atom is -0.461 e. The second-order valence-electron chi connectivity index (χ2n) is 6.09. The van der Waals surface area contributed by atoms with Crippen LogP contribution in [0, 0.1) is 11.3 Å². The zero-order chi connectivity index (χ0) is 13.1. The lowest BCUT2D eigenvalue weighted by atomic mass is 9.71. The smallest absolute Gasteiger partial charge is 0.323 e. The number of nitrogens with two attached hydrogens (primary N) is 1. The van der Waals surface area contributed by atoms with Gasteiger partial charge in [0.15, 0.2) is 0 Å². The Morgan fingerprint density at radius 3 is 2.71 bits per heavy atom. The Labute approximate surface area is 104 Å². The molecule has 4 nitrogen and oxygen atoms in total. The molecule has 0 heterocycles. The van der Waals surface area contributed by atoms with E-state index in [4.69, 9.17) is 15.6 Å². The van der Waals surface area contributed by atoms with E-state index in [0.717, 1.165) is 12.8 Å². The van der Waals surface area contributed by atoms with E-state index < -0.39 is 6.04 Å². The van der Waals surface area contributed by atoms with E-state index in [-0.39, 0.29) is 30.5 Å². The third-order valence-corrected chi connectivity index (χ3v) is 3.37. The van der Waals surface area contributed by atoms with E-state index in [1.807, 2.05) is 0 Å². The molecule has 1 aliphatic rings. The largest absolute Gasteiger partial charge is 0.461 e. The number of aliphatic hydroxyl groups is 1. The highest BCUT2D eigenvalue weighted by atomic mass is 16.5. The molecule has 0 aromatic carbocycles. The number of carbonyl (C=O) groups is 1. The maximum atomic E-state index is 11.7. The van der Waals surface area contributed by atoms with E-state index in [1.165, 1.54) is 6.42 Å². The molecule has 2 unspecified atom stereocenters. The normalized spacial score (nSPS) is 29.7. The Morgan fingerprint density at radius 2 is 2.18 bits per heavy atom. The third-order valence-electron chi connectivity index (χ3n) is 3.37. The molecular weight excluding hydrogens is 218 g/mol. The molecule has 0 bridgehead atoms. The maximum Gasteiger partial charge on any atom is 0.323 e. The van der Waals surface area contributed by atoms with E-state index in [2.05, 4.69) is 20.8 Å². The molecule has 3 N–H and O–H groups in total. The summed E-state index contributed by atoms with van der Waals surface area (Å²) in [4.78, 5) is 11.7. The van der Waals surface area contributed by atoms with Gasteiger partial charge in [0.05, 0.1) is 0 Å². The number of rotatable bonds is 4. The Kier molecular flexibility index (Phi) is 4.95. The monoisotopic (exact) mass is 243 g/mol. The van der Waals surface area contributed by atoms with Gasteiger partial charge < -0.3 is 15.6 Å². The van der Waals surface area contributed by atoms with Gasteiger partial charge >= 0.3 is 5.97 Å². The van der Waals surface area contributed by atoms with Gasteiger partial charge in [0.25, 0.3) is 0 Å². The Bertz CT molecular complexity index is 265. The van der Waals surface area contributed by atoms with Gasteiger partial charge in [0.2, 0.25) is 0 Å². The standard InChI is InChI=1S/C13H25NO3/c1-9-6-10(8-13(2,3)7-9)17-12(16)11(14)4-5-15/h9-11,15H,4-8,14H2,1-3H3/t9?,10?,11-/m0/s1. The molecule has 17 heavy (non-hydrogen) atoms. The van der Waals surface area contributed by atoms with Crippen LogP contribution in [0.2, 0.25) is 0 Å². The van der Waals surface area contributed by atoms with Crippen molar-refractivity contribution < 1.29 is 14.6 Å². The van der Waals surface area contributed by atoms with Crippen LogP contribution in [0.4, 0.5) is 0 Å². The topological polar surface area (TPSA) is 72.5 Å². The van der Waals surface area contributed by atoms with Gasteiger partial charge in [-0.25, -0.2) is 0 Å². The average Bonchev–Trinajstić information content (AvgIpc) is 2.14. The quantitative estimate of drug-likeness (QED) is 0.733. The first kappa shape index (κ1) is 14.5. The van der Waals surface area contributed by atoms with Crippen molar-refractivity contribution in [2.45, 2.75) is 58.6 Å². The van der Waals surface area contributed by atoms with Crippen LogP contribution in [-0.2, 0) is 9.53 Å². The SMILES string of the molecule is CC1CC(OC(=O)[C@@H](N)CCO)CC(C)(C)C1. The van der Waals surface area contributed by atoms with Crippen molar-refractivity contribution in [1.82, 2.24) is 0 Å². The number of ether oxygens (including phenoxy) is 1. The third kappa shape index (κ3) is 4.64. The average molecular weight is 243 g/mol. The van der Waals surface area contributed by atoms with Gasteiger partial charge in [-0.15, -0.1) is 0 Å². The van der Waals surface area contributed by atoms with Crippen LogP contribution in [0.1, 0.15) is 46.5 Å². The Morgan fingerprint density at radius 1 is 1.53 bits per heavy atom. The van der Waals surface area contributed by atoms with Crippen LogP contribution in [0.15, 0.2) is 0 Å². The zero-order valence-electron chi connectivity index (χ0n) is 11.1. The lowest BCUT2D eigenvalue weighted by Gasteiger charge is -2.38. The maximum absolute atomic E-state index is 11.7. The van der Waals surface area contributed by atoms with Crippen molar-refractivity contribution in [3.63, 3.8) is 0 Å². The Balaban J connectivity index is 2.48. The molecule has 1 rings (SSSR count). The fourth-order valence-electron chi connectivity index (χ4n) is 2.86. The summed E-state index contributed by atoms with van der Waals surface area (Å²) in [6.45, 7) is 6.52. The number of aliphatic hydroxyl groups excluding tert-OH is 1. The van der Waals surface area contributed by atoms with Gasteiger partial charge in [0.1, 0.15) is 12.1 Å². The van der Waals surface area contributed by atoms with Crippen LogP contribution in [0.3, 0.4) is 0 Å². The van der Waals surface area contributed by atoms with Gasteiger partial charge in [-0.3, -0.25) is 4.79 Å². The number of hydrogen-bond donors (Lipinski definition) is 2. The van der Waals surface area contributed by atoms with Crippen LogP contribution in [-0.4, -0.2) is 29.8 Å². The van der Waals surface area contributed by atoms with Gasteiger partial charge in [0, 0.05) is 6.61 Å². The van der Waals surface area contributed by atoms with Crippen LogP contribution in [0.25, 0.3) is 0 Å². The molecule has 3 atom stereocenters. The molecule has 0 aliphatic heterocycles. The van der Waals surface area contributed by atoms with E-state index in [9.17, 15) is 4.79 Å². The van der Waals surface area contributed by atoms with Crippen molar-refractivity contribution in [3.05, 3.63) is 0 Å². The first-order valence-electron chi connectivity index (χ1n) is 6.41. The molecule has 0 aromatic heterocycles. The summed E-state index contributed by atoms with van der Waals surface area (Å²) in [5.41, 5.74) is 5.84.